The van der Waals surface area contributed by atoms with Gasteiger partial charge in [-0.2, -0.15) is 5.10 Å². The summed E-state index contributed by atoms with van der Waals surface area (Å²) in [6.07, 6.45) is 5.16. The number of nitrogens with zero attached hydrogens (tertiary/aromatic N) is 2. The molecule has 0 spiro atoms. The molecule has 0 fully saturated rings. The maximum absolute atomic E-state index is 13.6. The van der Waals surface area contributed by atoms with Crippen molar-refractivity contribution in [3.8, 4) is 11.1 Å². The van der Waals surface area contributed by atoms with Crippen LogP contribution in [-0.4, -0.2) is 21.6 Å². The summed E-state index contributed by atoms with van der Waals surface area (Å²) in [7, 11) is 0. The molecule has 6 rings (SSSR count). The normalized spacial score (nSPS) is 15.3. The van der Waals surface area contributed by atoms with Crippen LogP contribution in [0.3, 0.4) is 0 Å². The number of hydrazone groups is 1. The van der Waals surface area contributed by atoms with Gasteiger partial charge in [0.1, 0.15) is 11.8 Å². The molecule has 1 amide bonds. The minimum Gasteiger partial charge on any atom is -0.467 e. The number of carbonyl (C=O) groups excluding carboxylic acids is 1. The molecule has 5 aromatic rings. The number of furan rings is 1. The molecule has 186 valence electrons. The number of halogens is 1. The van der Waals surface area contributed by atoms with E-state index in [0.29, 0.717) is 23.5 Å². The largest absolute Gasteiger partial charge is 0.467 e. The number of amides is 1. The quantitative estimate of drug-likeness (QED) is 0.235. The number of aromatic amines is 1. The summed E-state index contributed by atoms with van der Waals surface area (Å²) in [5, 5.41) is 7.03. The number of carbonyl (C=O) groups is 1. The molecule has 1 atom stereocenters. The summed E-state index contributed by atoms with van der Waals surface area (Å²) < 4.78 is 6.59. The van der Waals surface area contributed by atoms with Crippen LogP contribution in [0.1, 0.15) is 29.3 Å². The first-order valence-electron chi connectivity index (χ1n) is 12.2. The highest BCUT2D eigenvalue weighted by Gasteiger charge is 2.36. The van der Waals surface area contributed by atoms with E-state index in [1.165, 1.54) is 11.1 Å². The zero-order valence-electron chi connectivity index (χ0n) is 20.2. The Bertz CT molecular complexity index is 1740. The van der Waals surface area contributed by atoms with Gasteiger partial charge in [-0.3, -0.25) is 9.59 Å². The average molecular weight is 564 g/mol. The highest BCUT2D eigenvalue weighted by molar-refractivity contribution is 9.10. The zero-order chi connectivity index (χ0) is 26.1. The summed E-state index contributed by atoms with van der Waals surface area (Å²) in [5.41, 5.74) is 4.00. The molecule has 0 saturated carbocycles. The first-order valence-corrected chi connectivity index (χ1v) is 13.0. The number of fused-ring (bicyclic) bond motifs is 1. The Morgan fingerprint density at radius 2 is 1.74 bits per heavy atom. The smallest absolute Gasteiger partial charge is 0.267 e. The van der Waals surface area contributed by atoms with Crippen molar-refractivity contribution >= 4 is 44.5 Å². The Morgan fingerprint density at radius 3 is 2.47 bits per heavy atom. The molecule has 0 bridgehead atoms. The van der Waals surface area contributed by atoms with Gasteiger partial charge in [-0.1, -0.05) is 76.6 Å². The average Bonchev–Trinajstić information content (AvgIpc) is 3.63. The van der Waals surface area contributed by atoms with Crippen molar-refractivity contribution in [3.63, 3.8) is 0 Å². The molecule has 6 nitrogen and oxygen atoms in total. The Hall–Kier alpha value is -4.49. The lowest BCUT2D eigenvalue weighted by molar-refractivity contribution is -0.128. The molecule has 0 radical (unpaired) electrons. The number of nitrogens with one attached hydrogen (secondary N) is 1. The third-order valence-corrected chi connectivity index (χ3v) is 7.05. The second kappa shape index (κ2) is 10.1. The van der Waals surface area contributed by atoms with Gasteiger partial charge in [0.2, 0.25) is 0 Å². The van der Waals surface area contributed by atoms with Crippen LogP contribution in [0.5, 0.6) is 0 Å². The highest BCUT2D eigenvalue weighted by Crippen LogP contribution is 2.37. The van der Waals surface area contributed by atoms with Gasteiger partial charge in [0.05, 0.1) is 17.5 Å². The van der Waals surface area contributed by atoms with Crippen LogP contribution < -0.4 is 5.56 Å². The number of pyridine rings is 1. The number of aromatic nitrogens is 1. The fourth-order valence-corrected chi connectivity index (χ4v) is 5.18. The molecule has 3 aromatic carbocycles. The molecule has 1 N–H and O–H groups in total. The summed E-state index contributed by atoms with van der Waals surface area (Å²) in [4.78, 5) is 30.0. The molecule has 7 heteroatoms. The Kier molecular flexibility index (Phi) is 6.35. The van der Waals surface area contributed by atoms with E-state index < -0.39 is 6.04 Å². The second-order valence-electron chi connectivity index (χ2n) is 8.97. The van der Waals surface area contributed by atoms with Gasteiger partial charge in [0, 0.05) is 33.4 Å². The van der Waals surface area contributed by atoms with Gasteiger partial charge in [0.25, 0.3) is 11.5 Å². The van der Waals surface area contributed by atoms with E-state index in [1.54, 1.807) is 18.4 Å². The fraction of sp³-hybridized carbons (Fsp3) is 0.0645. The summed E-state index contributed by atoms with van der Waals surface area (Å²) in [5.74, 6) is 0.304. The molecule has 0 saturated heterocycles. The predicted molar refractivity (Wildman–Crippen MR) is 153 cm³/mol. The maximum Gasteiger partial charge on any atom is 0.267 e. The number of rotatable bonds is 5. The lowest BCUT2D eigenvalue weighted by Crippen LogP contribution is -2.24. The molecule has 38 heavy (non-hydrogen) atoms. The third-order valence-electron chi connectivity index (χ3n) is 6.55. The molecule has 1 aliphatic heterocycles. The van der Waals surface area contributed by atoms with Gasteiger partial charge in [-0.25, -0.2) is 5.01 Å². The lowest BCUT2D eigenvalue weighted by Gasteiger charge is -2.18. The Balaban J connectivity index is 1.51. The maximum atomic E-state index is 13.6. The number of H-pyrrole nitrogens is 1. The van der Waals surface area contributed by atoms with Crippen LogP contribution in [0, 0.1) is 0 Å². The first kappa shape index (κ1) is 23.9. The van der Waals surface area contributed by atoms with Gasteiger partial charge >= 0.3 is 0 Å². The third kappa shape index (κ3) is 4.53. The predicted octanol–water partition coefficient (Wildman–Crippen LogP) is 6.94. The number of hydrogen-bond donors (Lipinski definition) is 1. The Labute approximate surface area is 227 Å². The van der Waals surface area contributed by atoms with Crippen LogP contribution in [-0.2, 0) is 4.79 Å². The monoisotopic (exact) mass is 563 g/mol. The van der Waals surface area contributed by atoms with Crippen molar-refractivity contribution < 1.29 is 9.21 Å². The molecule has 2 aromatic heterocycles. The van der Waals surface area contributed by atoms with Crippen molar-refractivity contribution in [3.05, 3.63) is 135 Å². The molecular formula is C31H22BrN3O3. The summed E-state index contributed by atoms with van der Waals surface area (Å²) >= 11 is 3.57. The van der Waals surface area contributed by atoms with E-state index in [0.717, 1.165) is 32.1 Å². The van der Waals surface area contributed by atoms with Crippen LogP contribution >= 0.6 is 15.9 Å². The van der Waals surface area contributed by atoms with Crippen molar-refractivity contribution in [2.24, 2.45) is 5.10 Å². The van der Waals surface area contributed by atoms with Crippen LogP contribution in [0.2, 0.25) is 0 Å². The molecule has 0 unspecified atom stereocenters. The van der Waals surface area contributed by atoms with Crippen molar-refractivity contribution in [1.29, 1.82) is 0 Å². The SMILES string of the molecule is O=C(/C=C/c1ccccc1)N1N=C(c2c(-c3ccccc3)c3cc(Br)ccc3[nH]c2=O)C[C@@H]1c1ccco1. The topological polar surface area (TPSA) is 78.7 Å². The standard InChI is InChI=1S/C31H22BrN3O3/c32-22-14-15-24-23(18-22)29(21-10-5-2-6-11-21)30(31(37)33-24)25-19-26(27-12-7-17-38-27)35(34-25)28(36)16-13-20-8-3-1-4-9-20/h1-18,26H,19H2,(H,33,37)/b16-13+/t26-/m1/s1. The molecule has 1 aliphatic rings. The number of benzene rings is 3. The van der Waals surface area contributed by atoms with Gasteiger partial charge < -0.3 is 9.40 Å². The minimum atomic E-state index is -0.478. The first-order chi connectivity index (χ1) is 18.6. The van der Waals surface area contributed by atoms with Gasteiger partial charge in [-0.15, -0.1) is 0 Å². The zero-order valence-corrected chi connectivity index (χ0v) is 21.8. The van der Waals surface area contributed by atoms with E-state index in [1.807, 2.05) is 84.9 Å². The van der Waals surface area contributed by atoms with E-state index in [4.69, 9.17) is 9.52 Å². The molecular weight excluding hydrogens is 542 g/mol. The van der Waals surface area contributed by atoms with Crippen molar-refractivity contribution in [2.75, 3.05) is 0 Å². The van der Waals surface area contributed by atoms with Gasteiger partial charge in [0.15, 0.2) is 0 Å². The van der Waals surface area contributed by atoms with Crippen LogP contribution in [0.25, 0.3) is 28.1 Å². The van der Waals surface area contributed by atoms with E-state index >= 15 is 0 Å². The summed E-state index contributed by atoms with van der Waals surface area (Å²) in [6.45, 7) is 0. The second-order valence-corrected chi connectivity index (χ2v) is 9.88. The van der Waals surface area contributed by atoms with E-state index in [2.05, 4.69) is 20.9 Å². The fourth-order valence-electron chi connectivity index (χ4n) is 4.82. The van der Waals surface area contributed by atoms with Crippen LogP contribution in [0.15, 0.2) is 122 Å². The number of hydrogen-bond acceptors (Lipinski definition) is 4. The molecule has 3 heterocycles. The van der Waals surface area contributed by atoms with E-state index in [9.17, 15) is 9.59 Å². The van der Waals surface area contributed by atoms with Crippen molar-refractivity contribution in [2.45, 2.75) is 12.5 Å². The van der Waals surface area contributed by atoms with Crippen LogP contribution in [0.4, 0.5) is 0 Å². The lowest BCUT2D eigenvalue weighted by atomic mass is 9.92. The van der Waals surface area contributed by atoms with Gasteiger partial charge in [-0.05, 0) is 47.5 Å². The van der Waals surface area contributed by atoms with Crippen molar-refractivity contribution in [1.82, 2.24) is 9.99 Å². The minimum absolute atomic E-state index is 0.259. The Morgan fingerprint density at radius 1 is 0.974 bits per heavy atom. The molecule has 0 aliphatic carbocycles. The highest BCUT2D eigenvalue weighted by atomic mass is 79.9. The van der Waals surface area contributed by atoms with E-state index in [-0.39, 0.29) is 11.5 Å². The summed E-state index contributed by atoms with van der Waals surface area (Å²) in [6, 6.07) is 28.3.